The quantitative estimate of drug-likeness (QED) is 0.811. The fourth-order valence-electron chi connectivity index (χ4n) is 0.839. The first kappa shape index (κ1) is 15.4. The molecule has 0 aliphatic heterocycles. The lowest BCUT2D eigenvalue weighted by molar-refractivity contribution is 0.368. The number of methoxy groups -OCH3 is 2. The summed E-state index contributed by atoms with van der Waals surface area (Å²) in [6.07, 6.45) is 0. The second-order valence-corrected chi connectivity index (χ2v) is 2.19. The minimum absolute atomic E-state index is 0. The van der Waals surface area contributed by atoms with Gasteiger partial charge >= 0.3 is 0 Å². The summed E-state index contributed by atoms with van der Waals surface area (Å²) in [4.78, 5) is 3.91. The zero-order chi connectivity index (χ0) is 9.14. The van der Waals surface area contributed by atoms with E-state index in [0.717, 1.165) is 0 Å². The molecule has 0 aliphatic carbocycles. The zero-order valence-electron chi connectivity index (χ0n) is 7.81. The van der Waals surface area contributed by atoms with E-state index in [4.69, 9.17) is 20.9 Å². The second-order valence-electron chi connectivity index (χ2n) is 2.19. The molecule has 0 saturated carbocycles. The number of pyridine rings is 1. The smallest absolute Gasteiger partial charge is 0.240 e. The van der Waals surface area contributed by atoms with Crippen LogP contribution in [0.4, 0.5) is 11.4 Å². The van der Waals surface area contributed by atoms with E-state index in [1.165, 1.54) is 14.2 Å². The molecule has 82 valence electrons. The third-order valence-corrected chi connectivity index (χ3v) is 1.39. The van der Waals surface area contributed by atoms with Crippen molar-refractivity contribution in [1.29, 1.82) is 0 Å². The summed E-state index contributed by atoms with van der Waals surface area (Å²) in [6.45, 7) is 0. The summed E-state index contributed by atoms with van der Waals surface area (Å²) in [7, 11) is 2.96. The third-order valence-electron chi connectivity index (χ3n) is 1.39. The second kappa shape index (κ2) is 6.39. The summed E-state index contributed by atoms with van der Waals surface area (Å²) in [5, 5.41) is 0. The van der Waals surface area contributed by atoms with Gasteiger partial charge in [0.25, 0.3) is 0 Å². The highest BCUT2D eigenvalue weighted by Gasteiger charge is 2.07. The Bertz CT molecular complexity index is 271. The van der Waals surface area contributed by atoms with Crippen LogP contribution in [0.1, 0.15) is 0 Å². The maximum Gasteiger partial charge on any atom is 0.240 e. The maximum atomic E-state index is 5.53. The molecule has 0 amide bonds. The number of nitrogens with zero attached hydrogens (tertiary/aromatic N) is 1. The maximum absolute atomic E-state index is 5.53. The fraction of sp³-hybridized carbons (Fsp3) is 0.286. The van der Waals surface area contributed by atoms with Gasteiger partial charge in [-0.1, -0.05) is 0 Å². The van der Waals surface area contributed by atoms with Gasteiger partial charge in [0.05, 0.1) is 25.6 Å². The molecule has 0 atom stereocenters. The first-order valence-electron chi connectivity index (χ1n) is 3.33. The lowest BCUT2D eigenvalue weighted by Gasteiger charge is -2.07. The molecular formula is C7H13Cl2N3O2. The number of aromatic nitrogens is 1. The van der Waals surface area contributed by atoms with Crippen LogP contribution in [0, 0.1) is 0 Å². The summed E-state index contributed by atoms with van der Waals surface area (Å²) in [5.41, 5.74) is 11.9. The van der Waals surface area contributed by atoms with Crippen LogP contribution in [0.2, 0.25) is 0 Å². The van der Waals surface area contributed by atoms with Gasteiger partial charge in [-0.2, -0.15) is 4.98 Å². The van der Waals surface area contributed by atoms with Crippen molar-refractivity contribution in [3.05, 3.63) is 6.07 Å². The first-order chi connectivity index (χ1) is 5.69. The molecule has 1 heterocycles. The van der Waals surface area contributed by atoms with E-state index in [1.807, 2.05) is 0 Å². The van der Waals surface area contributed by atoms with E-state index in [0.29, 0.717) is 23.1 Å². The van der Waals surface area contributed by atoms with Crippen molar-refractivity contribution < 1.29 is 9.47 Å². The van der Waals surface area contributed by atoms with E-state index in [2.05, 4.69) is 4.98 Å². The highest BCUT2D eigenvalue weighted by Crippen LogP contribution is 2.27. The molecule has 0 spiro atoms. The summed E-state index contributed by atoms with van der Waals surface area (Å²) < 4.78 is 9.74. The third kappa shape index (κ3) is 3.01. The van der Waals surface area contributed by atoms with Crippen molar-refractivity contribution in [2.45, 2.75) is 0 Å². The Morgan fingerprint density at radius 2 is 1.36 bits per heavy atom. The van der Waals surface area contributed by atoms with Gasteiger partial charge in [-0.05, 0) is 6.07 Å². The van der Waals surface area contributed by atoms with Crippen molar-refractivity contribution in [3.8, 4) is 11.8 Å². The molecule has 4 N–H and O–H groups in total. The van der Waals surface area contributed by atoms with Gasteiger partial charge in [0, 0.05) is 0 Å². The fourth-order valence-corrected chi connectivity index (χ4v) is 0.839. The summed E-state index contributed by atoms with van der Waals surface area (Å²) in [5.74, 6) is 0.641. The van der Waals surface area contributed by atoms with Crippen molar-refractivity contribution in [1.82, 2.24) is 4.98 Å². The predicted octanol–water partition coefficient (Wildman–Crippen LogP) is 1.11. The Balaban J connectivity index is 0. The van der Waals surface area contributed by atoms with E-state index in [-0.39, 0.29) is 24.8 Å². The number of nitrogen functional groups attached to an aromatic ring is 2. The molecule has 1 aromatic rings. The van der Waals surface area contributed by atoms with Crippen LogP contribution in [0.25, 0.3) is 0 Å². The Morgan fingerprint density at radius 3 is 1.64 bits per heavy atom. The van der Waals surface area contributed by atoms with Crippen LogP contribution in [0.5, 0.6) is 11.8 Å². The number of hydrogen-bond acceptors (Lipinski definition) is 5. The molecular weight excluding hydrogens is 229 g/mol. The van der Waals surface area contributed by atoms with Crippen LogP contribution in [0.3, 0.4) is 0 Å². The van der Waals surface area contributed by atoms with Gasteiger partial charge in [-0.25, -0.2) is 0 Å². The van der Waals surface area contributed by atoms with E-state index < -0.39 is 0 Å². The minimum Gasteiger partial charge on any atom is -0.479 e. The molecule has 7 heteroatoms. The molecule has 1 aromatic heterocycles. The van der Waals surface area contributed by atoms with Crippen LogP contribution in [-0.2, 0) is 0 Å². The SMILES string of the molecule is COc1nc(OC)c(N)cc1N.Cl.Cl. The van der Waals surface area contributed by atoms with Gasteiger partial charge in [0.15, 0.2) is 0 Å². The number of ether oxygens (including phenoxy) is 2. The average Bonchev–Trinajstić information content (AvgIpc) is 2.05. The van der Waals surface area contributed by atoms with Crippen molar-refractivity contribution in [2.24, 2.45) is 0 Å². The van der Waals surface area contributed by atoms with Crippen LogP contribution < -0.4 is 20.9 Å². The van der Waals surface area contributed by atoms with Gasteiger partial charge in [0.2, 0.25) is 11.8 Å². The Morgan fingerprint density at radius 1 is 1.00 bits per heavy atom. The van der Waals surface area contributed by atoms with Gasteiger partial charge < -0.3 is 20.9 Å². The molecule has 1 rings (SSSR count). The Labute approximate surface area is 94.6 Å². The highest BCUT2D eigenvalue weighted by atomic mass is 35.5. The lowest BCUT2D eigenvalue weighted by Crippen LogP contribution is -2.01. The standard InChI is InChI=1S/C7H11N3O2.2ClH/c1-11-6-4(8)3-5(9)7(10-6)12-2;;/h3H,8-9H2,1-2H3;2*1H. The predicted molar refractivity (Wildman–Crippen MR) is 60.7 cm³/mol. The summed E-state index contributed by atoms with van der Waals surface area (Å²) in [6, 6.07) is 1.55. The van der Waals surface area contributed by atoms with Gasteiger partial charge in [-0.15, -0.1) is 24.8 Å². The lowest BCUT2D eigenvalue weighted by atomic mass is 10.3. The van der Waals surface area contributed by atoms with Crippen LogP contribution >= 0.6 is 24.8 Å². The van der Waals surface area contributed by atoms with Gasteiger partial charge in [-0.3, -0.25) is 0 Å². The number of nitrogens with two attached hydrogens (primary N) is 2. The monoisotopic (exact) mass is 241 g/mol. The topological polar surface area (TPSA) is 83.4 Å². The van der Waals surface area contributed by atoms with E-state index >= 15 is 0 Å². The van der Waals surface area contributed by atoms with E-state index in [9.17, 15) is 0 Å². The molecule has 0 aliphatic rings. The zero-order valence-corrected chi connectivity index (χ0v) is 9.45. The van der Waals surface area contributed by atoms with Crippen molar-refractivity contribution in [2.75, 3.05) is 25.7 Å². The van der Waals surface area contributed by atoms with E-state index in [1.54, 1.807) is 6.07 Å². The van der Waals surface area contributed by atoms with Crippen LogP contribution in [-0.4, -0.2) is 19.2 Å². The molecule has 0 radical (unpaired) electrons. The Kier molecular flexibility index (Phi) is 7.04. The largest absolute Gasteiger partial charge is 0.479 e. The number of hydrogen-bond donors (Lipinski definition) is 2. The Hall–Kier alpha value is -1.07. The molecule has 0 saturated heterocycles. The van der Waals surface area contributed by atoms with Crippen molar-refractivity contribution >= 4 is 36.2 Å². The molecule has 14 heavy (non-hydrogen) atoms. The first-order valence-corrected chi connectivity index (χ1v) is 3.33. The molecule has 0 fully saturated rings. The van der Waals surface area contributed by atoms with Gasteiger partial charge in [0.1, 0.15) is 0 Å². The molecule has 0 bridgehead atoms. The number of halogens is 2. The molecule has 0 unspecified atom stereocenters. The summed E-state index contributed by atoms with van der Waals surface area (Å²) >= 11 is 0. The molecule has 0 aromatic carbocycles. The normalized spacial score (nSPS) is 8.14. The van der Waals surface area contributed by atoms with Crippen LogP contribution in [0.15, 0.2) is 6.07 Å². The number of anilines is 2. The number of rotatable bonds is 2. The molecule has 5 nitrogen and oxygen atoms in total. The highest BCUT2D eigenvalue weighted by molar-refractivity contribution is 5.85. The van der Waals surface area contributed by atoms with Crippen molar-refractivity contribution in [3.63, 3.8) is 0 Å². The minimum atomic E-state index is 0. The average molecular weight is 242 g/mol.